The van der Waals surface area contributed by atoms with Crippen molar-refractivity contribution in [3.05, 3.63) is 90.3 Å². The molecule has 17 heteroatoms. The predicted molar refractivity (Wildman–Crippen MR) is 184 cm³/mol. The van der Waals surface area contributed by atoms with Crippen LogP contribution in [0.25, 0.3) is 0 Å². The number of hydrogen-bond donors (Lipinski definition) is 0. The van der Waals surface area contributed by atoms with E-state index in [4.69, 9.17) is 9.47 Å². The van der Waals surface area contributed by atoms with Crippen LogP contribution in [0.5, 0.6) is 0 Å². The Morgan fingerprint density at radius 3 is 2.19 bits per heavy atom. The van der Waals surface area contributed by atoms with Crippen molar-refractivity contribution in [3.63, 3.8) is 0 Å². The fraction of sp³-hybridized carbons (Fsp3) is 0.444. The third-order valence-electron chi connectivity index (χ3n) is 9.49. The molecule has 1 saturated heterocycles. The number of hydrogen-bond acceptors (Lipinski definition) is 6. The molecule has 0 spiro atoms. The van der Waals surface area contributed by atoms with Crippen molar-refractivity contribution in [3.8, 4) is 0 Å². The van der Waals surface area contributed by atoms with Crippen LogP contribution in [0.1, 0.15) is 62.6 Å². The molecule has 3 amide bonds. The van der Waals surface area contributed by atoms with Gasteiger partial charge in [0.2, 0.25) is 5.92 Å². The van der Waals surface area contributed by atoms with Crippen LogP contribution in [0, 0.1) is 0 Å². The second-order valence-electron chi connectivity index (χ2n) is 13.3. The Morgan fingerprint density at radius 2 is 1.62 bits per heavy atom. The van der Waals surface area contributed by atoms with E-state index in [0.717, 1.165) is 9.80 Å². The molecule has 1 unspecified atom stereocenters. The summed E-state index contributed by atoms with van der Waals surface area (Å²) in [6, 6.07) is 9.47. The molecule has 5 rings (SSSR count). The number of likely N-dealkylation sites (tertiary alicyclic amines) is 1. The summed E-state index contributed by atoms with van der Waals surface area (Å²) in [6.07, 6.45) is 0.255. The normalized spacial score (nSPS) is 20.9. The minimum atomic E-state index is -10.2. The third kappa shape index (κ3) is 9.60. The Labute approximate surface area is 302 Å². The molecule has 1 saturated carbocycles. The van der Waals surface area contributed by atoms with Crippen molar-refractivity contribution >= 4 is 33.8 Å². The lowest BCUT2D eigenvalue weighted by atomic mass is 9.90. The number of halogens is 7. The summed E-state index contributed by atoms with van der Waals surface area (Å²) in [7, 11) is -8.80. The second kappa shape index (κ2) is 14.8. The summed E-state index contributed by atoms with van der Waals surface area (Å²) >= 11 is 0. The minimum absolute atomic E-state index is 0.0514. The standard InChI is InChI=1S/C36H41F7N4O5S/c1-3-20-45(27-15-17-36(37,38)18-16-27)34(49)32(26-10-7-19-44-22-26)47(28-11-13-30(14-12-28)53(39,40,41,42)43)33(48)31-21-29(51-2)23-46(31)35(50)52-24-25-8-5-4-6-9-25/h4-14,19,22,27,29,31-32H,3,15-18,20-21,23-24H2,1-2H3/t29-,31-,32?/m1/s1. The van der Waals surface area contributed by atoms with Crippen LogP contribution in [0.4, 0.5) is 38.7 Å². The van der Waals surface area contributed by atoms with Gasteiger partial charge in [0.1, 0.15) is 23.6 Å². The summed E-state index contributed by atoms with van der Waals surface area (Å²) in [4.78, 5) is 48.5. The Morgan fingerprint density at radius 1 is 0.962 bits per heavy atom. The quantitative estimate of drug-likeness (QED) is 0.171. The molecule has 1 aromatic heterocycles. The van der Waals surface area contributed by atoms with Gasteiger partial charge in [0.05, 0.1) is 12.6 Å². The van der Waals surface area contributed by atoms with Gasteiger partial charge in [0.15, 0.2) is 0 Å². The van der Waals surface area contributed by atoms with Gasteiger partial charge in [-0.2, -0.15) is 0 Å². The maximum atomic E-state index is 14.9. The molecule has 2 aromatic carbocycles. The average molecular weight is 775 g/mol. The van der Waals surface area contributed by atoms with Gasteiger partial charge < -0.3 is 14.4 Å². The molecule has 53 heavy (non-hydrogen) atoms. The molecule has 0 radical (unpaired) electrons. The number of nitrogens with zero attached hydrogens (tertiary/aromatic N) is 4. The molecular formula is C36H41F7N4O5S. The Kier molecular flexibility index (Phi) is 11.1. The number of aromatic nitrogens is 1. The molecule has 2 aliphatic rings. The number of ether oxygens (including phenoxy) is 2. The van der Waals surface area contributed by atoms with Gasteiger partial charge in [-0.15, -0.1) is 0 Å². The van der Waals surface area contributed by atoms with Gasteiger partial charge in [-0.1, -0.05) is 62.8 Å². The van der Waals surface area contributed by atoms with Crippen molar-refractivity contribution in [2.75, 3.05) is 25.1 Å². The van der Waals surface area contributed by atoms with Crippen LogP contribution < -0.4 is 4.90 Å². The predicted octanol–water partition coefficient (Wildman–Crippen LogP) is 9.06. The van der Waals surface area contributed by atoms with E-state index in [1.54, 1.807) is 37.3 Å². The zero-order valence-corrected chi connectivity index (χ0v) is 29.9. The van der Waals surface area contributed by atoms with Crippen LogP contribution in [0.3, 0.4) is 0 Å². The van der Waals surface area contributed by atoms with E-state index in [1.165, 1.54) is 36.5 Å². The summed E-state index contributed by atoms with van der Waals surface area (Å²) in [6.45, 7) is 1.57. The first-order valence-corrected chi connectivity index (χ1v) is 19.0. The number of methoxy groups -OCH3 is 1. The van der Waals surface area contributed by atoms with Crippen molar-refractivity contribution in [1.29, 1.82) is 0 Å². The maximum absolute atomic E-state index is 14.9. The van der Waals surface area contributed by atoms with Crippen molar-refractivity contribution in [1.82, 2.24) is 14.8 Å². The van der Waals surface area contributed by atoms with Crippen molar-refractivity contribution in [2.45, 2.75) is 87.1 Å². The smallest absolute Gasteiger partial charge is 0.410 e. The Balaban J connectivity index is 1.61. The first kappa shape index (κ1) is 39.8. The van der Waals surface area contributed by atoms with Gasteiger partial charge in [0.25, 0.3) is 11.8 Å². The minimum Gasteiger partial charge on any atom is -0.445 e. The number of anilines is 1. The average Bonchev–Trinajstić information content (AvgIpc) is 3.56. The topological polar surface area (TPSA) is 92.3 Å². The zero-order chi connectivity index (χ0) is 38.7. The summed E-state index contributed by atoms with van der Waals surface area (Å²) in [5, 5.41) is 0. The molecule has 0 bridgehead atoms. The highest BCUT2D eigenvalue weighted by atomic mass is 32.5. The number of carbonyl (C=O) groups is 3. The van der Waals surface area contributed by atoms with Crippen LogP contribution >= 0.6 is 10.2 Å². The van der Waals surface area contributed by atoms with E-state index < -0.39 is 76.0 Å². The highest BCUT2D eigenvalue weighted by molar-refractivity contribution is 8.45. The lowest BCUT2D eigenvalue weighted by molar-refractivity contribution is -0.140. The van der Waals surface area contributed by atoms with Crippen LogP contribution in [0.2, 0.25) is 0 Å². The van der Waals surface area contributed by atoms with E-state index in [0.29, 0.717) is 24.1 Å². The lowest BCUT2D eigenvalue weighted by Gasteiger charge is -2.42. The fourth-order valence-electron chi connectivity index (χ4n) is 6.78. The fourth-order valence-corrected chi connectivity index (χ4v) is 7.43. The SMILES string of the molecule is CCCN(C(=O)C(c1cccnc1)N(C(=O)[C@H]1C[C@@H](OC)CN1C(=O)OCc1ccccc1)c1ccc(S(F)(F)(F)(F)F)cc1)C1CCC(F)(F)CC1. The zero-order valence-electron chi connectivity index (χ0n) is 29.1. The Bertz CT molecular complexity index is 1750. The molecule has 3 atom stereocenters. The van der Waals surface area contributed by atoms with Crippen LogP contribution in [-0.2, 0) is 25.7 Å². The molecule has 1 aliphatic carbocycles. The largest absolute Gasteiger partial charge is 0.445 e. The van der Waals surface area contributed by atoms with Gasteiger partial charge in [-0.25, -0.2) is 13.6 Å². The van der Waals surface area contributed by atoms with E-state index in [2.05, 4.69) is 4.98 Å². The van der Waals surface area contributed by atoms with E-state index >= 15 is 0 Å². The van der Waals surface area contributed by atoms with E-state index in [1.807, 2.05) is 0 Å². The van der Waals surface area contributed by atoms with Gasteiger partial charge in [-0.3, -0.25) is 24.4 Å². The maximum Gasteiger partial charge on any atom is 0.410 e. The molecule has 9 nitrogen and oxygen atoms in total. The highest BCUT2D eigenvalue weighted by Gasteiger charge is 2.65. The number of carbonyl (C=O) groups excluding carboxylic acids is 3. The van der Waals surface area contributed by atoms with E-state index in [9.17, 15) is 42.6 Å². The molecule has 2 fully saturated rings. The van der Waals surface area contributed by atoms with Gasteiger partial charge in [-0.05, 0) is 55.2 Å². The molecule has 290 valence electrons. The lowest BCUT2D eigenvalue weighted by Crippen LogP contribution is -2.54. The highest BCUT2D eigenvalue weighted by Crippen LogP contribution is 3.02. The van der Waals surface area contributed by atoms with Crippen LogP contribution in [-0.4, -0.2) is 77.0 Å². The summed E-state index contributed by atoms with van der Waals surface area (Å²) in [5.41, 5.74) is 0.382. The van der Waals surface area contributed by atoms with Crippen molar-refractivity contribution < 1.29 is 52.1 Å². The number of pyridine rings is 1. The number of amides is 3. The molecule has 3 aromatic rings. The van der Waals surface area contributed by atoms with Crippen LogP contribution in [0.15, 0.2) is 84.0 Å². The summed E-state index contributed by atoms with van der Waals surface area (Å²) in [5.74, 6) is -4.62. The molecule has 2 heterocycles. The second-order valence-corrected chi connectivity index (χ2v) is 15.7. The van der Waals surface area contributed by atoms with E-state index in [-0.39, 0.29) is 62.3 Å². The van der Waals surface area contributed by atoms with Gasteiger partial charge in [0, 0.05) is 62.6 Å². The first-order chi connectivity index (χ1) is 24.8. The molecule has 1 aliphatic heterocycles. The van der Waals surface area contributed by atoms with Gasteiger partial charge >= 0.3 is 16.3 Å². The first-order valence-electron chi connectivity index (χ1n) is 17.1. The molecular weight excluding hydrogens is 733 g/mol. The summed E-state index contributed by atoms with van der Waals surface area (Å²) < 4.78 is 109. The van der Waals surface area contributed by atoms with Crippen molar-refractivity contribution in [2.24, 2.45) is 0 Å². The monoisotopic (exact) mass is 774 g/mol. The number of rotatable bonds is 12. The molecule has 0 N–H and O–H groups in total. The number of benzene rings is 2. The Hall–Kier alpha value is -4.38. The number of alkyl halides is 2. The third-order valence-corrected chi connectivity index (χ3v) is 10.6.